The number of methoxy groups -OCH3 is 1. The molecule has 0 rings (SSSR count). The highest BCUT2D eigenvalue weighted by atomic mass is 32.2. The molecular weight excluding hydrogens is 190 g/mol. The lowest BCUT2D eigenvalue weighted by molar-refractivity contribution is 0.108. The molecule has 0 bridgehead atoms. The average Bonchev–Trinajstić information content (AvgIpc) is 2.02. The Kier molecular flexibility index (Phi) is 5.51. The fourth-order valence-electron chi connectivity index (χ4n) is 0.885. The van der Waals surface area contributed by atoms with Gasteiger partial charge < -0.3 is 4.74 Å². The summed E-state index contributed by atoms with van der Waals surface area (Å²) in [5, 5.41) is 0. The van der Waals surface area contributed by atoms with Crippen molar-refractivity contribution in [1.29, 1.82) is 0 Å². The van der Waals surface area contributed by atoms with E-state index in [0.717, 1.165) is 12.8 Å². The van der Waals surface area contributed by atoms with E-state index < -0.39 is 10.0 Å². The molecule has 13 heavy (non-hydrogen) atoms. The molecule has 0 amide bonds. The van der Waals surface area contributed by atoms with E-state index in [0.29, 0.717) is 6.54 Å². The summed E-state index contributed by atoms with van der Waals surface area (Å²) in [6, 6.07) is 0. The van der Waals surface area contributed by atoms with Crippen molar-refractivity contribution in [3.63, 3.8) is 0 Å². The lowest BCUT2D eigenvalue weighted by atomic mass is 10.2. The van der Waals surface area contributed by atoms with Crippen LogP contribution in [0, 0.1) is 0 Å². The van der Waals surface area contributed by atoms with Gasteiger partial charge in [0.05, 0.1) is 12.4 Å². The summed E-state index contributed by atoms with van der Waals surface area (Å²) in [7, 11) is 0.233. The highest BCUT2D eigenvalue weighted by Gasteiger charge is 2.10. The van der Waals surface area contributed by atoms with Crippen molar-refractivity contribution in [3.8, 4) is 0 Å². The molecule has 0 aromatic heterocycles. The van der Waals surface area contributed by atoms with Crippen LogP contribution in [0.2, 0.25) is 0 Å². The van der Waals surface area contributed by atoms with E-state index in [2.05, 4.69) is 0 Å². The van der Waals surface area contributed by atoms with Crippen molar-refractivity contribution in [2.24, 2.45) is 0 Å². The minimum Gasteiger partial charge on any atom is -0.382 e. The first-order valence-electron chi connectivity index (χ1n) is 4.32. The molecule has 0 N–H and O–H groups in total. The summed E-state index contributed by atoms with van der Waals surface area (Å²) < 4.78 is 28.3. The van der Waals surface area contributed by atoms with E-state index in [9.17, 15) is 8.42 Å². The second-order valence-corrected chi connectivity index (χ2v) is 5.36. The topological polar surface area (TPSA) is 46.6 Å². The van der Waals surface area contributed by atoms with Gasteiger partial charge in [0.2, 0.25) is 10.0 Å². The molecule has 0 aromatic carbocycles. The van der Waals surface area contributed by atoms with E-state index >= 15 is 0 Å². The number of nitrogens with zero attached hydrogens (tertiary/aromatic N) is 1. The molecule has 0 saturated heterocycles. The van der Waals surface area contributed by atoms with E-state index in [4.69, 9.17) is 4.74 Å². The zero-order valence-corrected chi connectivity index (χ0v) is 9.60. The highest BCUT2D eigenvalue weighted by Crippen LogP contribution is 2.02. The van der Waals surface area contributed by atoms with E-state index in [1.807, 2.05) is 6.92 Å². The predicted octanol–water partition coefficient (Wildman–Crippen LogP) is 0.693. The molecule has 0 fully saturated rings. The molecule has 4 nitrogen and oxygen atoms in total. The molecule has 0 aromatic rings. The maximum absolute atomic E-state index is 11.0. The molecule has 80 valence electrons. The van der Waals surface area contributed by atoms with Crippen LogP contribution >= 0.6 is 0 Å². The third-order valence-corrected chi connectivity index (χ3v) is 3.37. The summed E-state index contributed by atoms with van der Waals surface area (Å²) in [5.74, 6) is 0. The molecule has 1 atom stereocenters. The molecule has 0 heterocycles. The van der Waals surface area contributed by atoms with Crippen LogP contribution in [0.3, 0.4) is 0 Å². The van der Waals surface area contributed by atoms with Crippen molar-refractivity contribution in [2.75, 3.05) is 27.0 Å². The van der Waals surface area contributed by atoms with Crippen molar-refractivity contribution in [3.05, 3.63) is 0 Å². The first-order chi connectivity index (χ1) is 5.88. The normalized spacial score (nSPS) is 14.8. The van der Waals surface area contributed by atoms with Gasteiger partial charge in [0.15, 0.2) is 0 Å². The van der Waals surface area contributed by atoms with Gasteiger partial charge in [-0.05, 0) is 19.8 Å². The standard InChI is InChI=1S/C8H19NO3S/c1-8(12-3)6-5-7-9(2)13(4,10)11/h8H,5-7H2,1-4H3. The van der Waals surface area contributed by atoms with Crippen LogP contribution in [-0.4, -0.2) is 45.8 Å². The SMILES string of the molecule is COC(C)CCCN(C)S(C)(=O)=O. The average molecular weight is 209 g/mol. The lowest BCUT2D eigenvalue weighted by Gasteiger charge is -2.15. The molecule has 5 heteroatoms. The van der Waals surface area contributed by atoms with Crippen molar-refractivity contribution in [1.82, 2.24) is 4.31 Å². The Labute approximate surface area is 80.9 Å². The van der Waals surface area contributed by atoms with Crippen LogP contribution in [0.1, 0.15) is 19.8 Å². The number of hydrogen-bond donors (Lipinski definition) is 0. The maximum atomic E-state index is 11.0. The Balaban J connectivity index is 3.66. The van der Waals surface area contributed by atoms with Crippen LogP contribution in [-0.2, 0) is 14.8 Å². The van der Waals surface area contributed by atoms with Crippen molar-refractivity contribution in [2.45, 2.75) is 25.9 Å². The van der Waals surface area contributed by atoms with Gasteiger partial charge in [-0.2, -0.15) is 0 Å². The van der Waals surface area contributed by atoms with Gasteiger partial charge in [-0.15, -0.1) is 0 Å². The van der Waals surface area contributed by atoms with Crippen molar-refractivity contribution < 1.29 is 13.2 Å². The molecule has 1 unspecified atom stereocenters. The quantitative estimate of drug-likeness (QED) is 0.646. The third-order valence-electron chi connectivity index (χ3n) is 2.05. The first kappa shape index (κ1) is 12.9. The van der Waals surface area contributed by atoms with Gasteiger partial charge in [-0.3, -0.25) is 0 Å². The largest absolute Gasteiger partial charge is 0.382 e. The second-order valence-electron chi connectivity index (χ2n) is 3.27. The predicted molar refractivity (Wildman–Crippen MR) is 53.2 cm³/mol. The number of sulfonamides is 1. The number of ether oxygens (including phenoxy) is 1. The van der Waals surface area contributed by atoms with Crippen molar-refractivity contribution >= 4 is 10.0 Å². The first-order valence-corrected chi connectivity index (χ1v) is 6.17. The lowest BCUT2D eigenvalue weighted by Crippen LogP contribution is -2.27. The zero-order chi connectivity index (χ0) is 10.5. The Morgan fingerprint density at radius 1 is 1.46 bits per heavy atom. The Bertz CT molecular complexity index is 226. The van der Waals surface area contributed by atoms with Gasteiger partial charge in [-0.25, -0.2) is 12.7 Å². The monoisotopic (exact) mass is 209 g/mol. The summed E-state index contributed by atoms with van der Waals surface area (Å²) in [5.41, 5.74) is 0. The highest BCUT2D eigenvalue weighted by molar-refractivity contribution is 7.88. The van der Waals surface area contributed by atoms with Crippen LogP contribution in [0.5, 0.6) is 0 Å². The zero-order valence-electron chi connectivity index (χ0n) is 8.78. The molecule has 0 aliphatic carbocycles. The second kappa shape index (κ2) is 5.57. The third kappa shape index (κ3) is 6.01. The van der Waals surface area contributed by atoms with Crippen LogP contribution < -0.4 is 0 Å². The molecule has 0 radical (unpaired) electrons. The summed E-state index contributed by atoms with van der Waals surface area (Å²) in [4.78, 5) is 0. The van der Waals surface area contributed by atoms with E-state index in [1.54, 1.807) is 14.2 Å². The fourth-order valence-corrected chi connectivity index (χ4v) is 1.35. The van der Waals surface area contributed by atoms with Gasteiger partial charge in [0.25, 0.3) is 0 Å². The molecule has 0 spiro atoms. The van der Waals surface area contributed by atoms with Gasteiger partial charge in [0.1, 0.15) is 0 Å². The van der Waals surface area contributed by atoms with E-state index in [1.165, 1.54) is 10.6 Å². The summed E-state index contributed by atoms with van der Waals surface area (Å²) in [6.45, 7) is 2.53. The van der Waals surface area contributed by atoms with Gasteiger partial charge in [-0.1, -0.05) is 0 Å². The molecule has 0 saturated carbocycles. The molecular formula is C8H19NO3S. The Morgan fingerprint density at radius 3 is 2.38 bits per heavy atom. The van der Waals surface area contributed by atoms with Crippen LogP contribution in [0.25, 0.3) is 0 Å². The number of hydrogen-bond acceptors (Lipinski definition) is 3. The molecule has 0 aliphatic heterocycles. The summed E-state index contributed by atoms with van der Waals surface area (Å²) >= 11 is 0. The van der Waals surface area contributed by atoms with E-state index in [-0.39, 0.29) is 6.10 Å². The van der Waals surface area contributed by atoms with Gasteiger partial charge in [0, 0.05) is 20.7 Å². The minimum atomic E-state index is -3.01. The van der Waals surface area contributed by atoms with Crippen LogP contribution in [0.4, 0.5) is 0 Å². The maximum Gasteiger partial charge on any atom is 0.210 e. The van der Waals surface area contributed by atoms with Crippen LogP contribution in [0.15, 0.2) is 0 Å². The Hall–Kier alpha value is -0.130. The smallest absolute Gasteiger partial charge is 0.210 e. The minimum absolute atomic E-state index is 0.202. The Morgan fingerprint density at radius 2 is 2.00 bits per heavy atom. The number of rotatable bonds is 6. The van der Waals surface area contributed by atoms with Gasteiger partial charge >= 0.3 is 0 Å². The summed E-state index contributed by atoms with van der Waals surface area (Å²) in [6.07, 6.45) is 3.13. The fraction of sp³-hybridized carbons (Fsp3) is 1.00. The molecule has 0 aliphatic rings.